The van der Waals surface area contributed by atoms with Gasteiger partial charge < -0.3 is 10.2 Å². The van der Waals surface area contributed by atoms with Crippen LogP contribution in [0.3, 0.4) is 0 Å². The van der Waals surface area contributed by atoms with Crippen LogP contribution in [0.5, 0.6) is 0 Å². The van der Waals surface area contributed by atoms with E-state index < -0.39 is 11.9 Å². The summed E-state index contributed by atoms with van der Waals surface area (Å²) in [5.74, 6) is -2.08. The second kappa shape index (κ2) is 7.18. The van der Waals surface area contributed by atoms with Gasteiger partial charge in [-0.1, -0.05) is 0 Å². The molecule has 0 radical (unpaired) electrons. The summed E-state index contributed by atoms with van der Waals surface area (Å²) in [6.45, 7) is 0. The summed E-state index contributed by atoms with van der Waals surface area (Å²) < 4.78 is 0. The molecule has 0 atom stereocenters. The number of aromatic carboxylic acids is 2. The van der Waals surface area contributed by atoms with Gasteiger partial charge >= 0.3 is 11.9 Å². The number of carbonyl (C=O) groups is 3. The van der Waals surface area contributed by atoms with E-state index in [0.717, 1.165) is 22.7 Å². The van der Waals surface area contributed by atoms with Crippen molar-refractivity contribution in [2.24, 2.45) is 0 Å². The lowest BCUT2D eigenvalue weighted by molar-refractivity contribution is 0.0690. The topological polar surface area (TPSA) is 115 Å². The normalized spacial score (nSPS) is 8.95. The van der Waals surface area contributed by atoms with Gasteiger partial charge in [-0.15, -0.1) is 22.7 Å². The molecule has 2 N–H and O–H groups in total. The van der Waals surface area contributed by atoms with Crippen LogP contribution in [-0.2, 0) is 0 Å². The smallest absolute Gasteiger partial charge is 0.347 e. The van der Waals surface area contributed by atoms with E-state index in [1.54, 1.807) is 16.8 Å². The molecule has 0 aromatic carbocycles. The van der Waals surface area contributed by atoms with Crippen molar-refractivity contribution in [3.8, 4) is 6.07 Å². The molecule has 0 amide bonds. The maximum atomic E-state index is 10.3. The molecule has 0 bridgehead atoms. The van der Waals surface area contributed by atoms with Gasteiger partial charge in [0.05, 0.1) is 5.56 Å². The molecule has 0 aliphatic carbocycles. The molecule has 0 aliphatic heterocycles. The number of carboxylic acids is 2. The van der Waals surface area contributed by atoms with Crippen molar-refractivity contribution in [2.75, 3.05) is 0 Å². The number of thiophene rings is 2. The molecule has 2 heterocycles. The van der Waals surface area contributed by atoms with E-state index in [0.29, 0.717) is 6.29 Å². The van der Waals surface area contributed by atoms with Crippen LogP contribution in [-0.4, -0.2) is 28.4 Å². The molecule has 0 spiro atoms. The highest BCUT2D eigenvalue weighted by Crippen LogP contribution is 2.15. The van der Waals surface area contributed by atoms with Gasteiger partial charge in [0.25, 0.3) is 0 Å². The third-order valence-corrected chi connectivity index (χ3v) is 3.82. The summed E-state index contributed by atoms with van der Waals surface area (Å²) in [7, 11) is 0. The third-order valence-electron chi connectivity index (χ3n) is 2.00. The molecule has 8 heteroatoms. The van der Waals surface area contributed by atoms with Crippen LogP contribution in [0.4, 0.5) is 0 Å². The fraction of sp³-hybridized carbons (Fsp3) is 0. The Kier molecular flexibility index (Phi) is 5.58. The Bertz CT molecular complexity index is 680. The Labute approximate surface area is 121 Å². The molecule has 0 aliphatic rings. The monoisotopic (exact) mass is 309 g/mol. The molecule has 20 heavy (non-hydrogen) atoms. The van der Waals surface area contributed by atoms with Crippen molar-refractivity contribution in [1.29, 1.82) is 5.26 Å². The molecular formula is C12H7NO5S2. The van der Waals surface area contributed by atoms with Gasteiger partial charge in [-0.05, 0) is 22.9 Å². The molecule has 2 rings (SSSR count). The van der Waals surface area contributed by atoms with Crippen LogP contribution < -0.4 is 0 Å². The zero-order valence-corrected chi connectivity index (χ0v) is 11.4. The molecular weight excluding hydrogens is 302 g/mol. The number of aldehydes is 1. The first-order valence-electron chi connectivity index (χ1n) is 4.98. The highest BCUT2D eigenvalue weighted by atomic mass is 32.1. The Balaban J connectivity index is 0.000000200. The molecule has 0 unspecified atom stereocenters. The summed E-state index contributed by atoms with van der Waals surface area (Å²) >= 11 is 2.11. The highest BCUT2D eigenvalue weighted by Gasteiger charge is 2.10. The van der Waals surface area contributed by atoms with E-state index in [4.69, 9.17) is 15.5 Å². The van der Waals surface area contributed by atoms with Crippen molar-refractivity contribution in [3.05, 3.63) is 43.8 Å². The summed E-state index contributed by atoms with van der Waals surface area (Å²) in [5.41, 5.74) is 0.481. The molecule has 6 nitrogen and oxygen atoms in total. The molecule has 2 aromatic rings. The summed E-state index contributed by atoms with van der Waals surface area (Å²) in [6, 6.07) is 4.77. The minimum atomic E-state index is -1.04. The zero-order chi connectivity index (χ0) is 15.1. The van der Waals surface area contributed by atoms with Gasteiger partial charge in [0, 0.05) is 5.56 Å². The first-order chi connectivity index (χ1) is 9.51. The van der Waals surface area contributed by atoms with E-state index in [1.165, 1.54) is 12.1 Å². The number of carboxylic acid groups (broad SMARTS) is 2. The Morgan fingerprint density at radius 2 is 1.65 bits per heavy atom. The van der Waals surface area contributed by atoms with Crippen LogP contribution in [0.1, 0.15) is 35.3 Å². The first-order valence-corrected chi connectivity index (χ1v) is 6.74. The van der Waals surface area contributed by atoms with Gasteiger partial charge in [-0.2, -0.15) is 5.26 Å². The van der Waals surface area contributed by atoms with Gasteiger partial charge in [-0.25, -0.2) is 9.59 Å². The first kappa shape index (κ1) is 15.6. The Hall–Kier alpha value is -2.50. The van der Waals surface area contributed by atoms with Crippen LogP contribution >= 0.6 is 22.7 Å². The quantitative estimate of drug-likeness (QED) is 0.842. The third kappa shape index (κ3) is 3.74. The van der Waals surface area contributed by atoms with Gasteiger partial charge in [0.15, 0.2) is 6.29 Å². The molecule has 102 valence electrons. The van der Waals surface area contributed by atoms with E-state index in [9.17, 15) is 14.4 Å². The van der Waals surface area contributed by atoms with Crippen molar-refractivity contribution >= 4 is 40.9 Å². The van der Waals surface area contributed by atoms with Crippen LogP contribution in [0, 0.1) is 11.3 Å². The lowest BCUT2D eigenvalue weighted by Gasteiger charge is -1.85. The average molecular weight is 309 g/mol. The van der Waals surface area contributed by atoms with Crippen molar-refractivity contribution in [1.82, 2.24) is 0 Å². The van der Waals surface area contributed by atoms with Crippen molar-refractivity contribution in [3.63, 3.8) is 0 Å². The lowest BCUT2D eigenvalue weighted by Crippen LogP contribution is -1.95. The van der Waals surface area contributed by atoms with Gasteiger partial charge in [0.2, 0.25) is 0 Å². The summed E-state index contributed by atoms with van der Waals surface area (Å²) in [5, 5.41) is 28.4. The SMILES string of the molecule is N#Cc1ccsc1C(=O)O.O=Cc1ccsc1C(=O)O. The number of carbonyl (C=O) groups excluding carboxylic acids is 1. The number of nitrogens with zero attached hydrogens (tertiary/aromatic N) is 1. The minimum Gasteiger partial charge on any atom is -0.477 e. The number of rotatable bonds is 3. The second-order valence-electron chi connectivity index (χ2n) is 3.21. The van der Waals surface area contributed by atoms with E-state index >= 15 is 0 Å². The predicted molar refractivity (Wildman–Crippen MR) is 72.7 cm³/mol. The maximum Gasteiger partial charge on any atom is 0.347 e. The number of nitriles is 1. The van der Waals surface area contributed by atoms with Crippen LogP contribution in [0.25, 0.3) is 0 Å². The van der Waals surface area contributed by atoms with Crippen LogP contribution in [0.15, 0.2) is 22.9 Å². The molecule has 0 saturated heterocycles. The van der Waals surface area contributed by atoms with Crippen LogP contribution in [0.2, 0.25) is 0 Å². The van der Waals surface area contributed by atoms with E-state index in [-0.39, 0.29) is 20.9 Å². The summed E-state index contributed by atoms with van der Waals surface area (Å²) in [6.07, 6.45) is 0.542. The standard InChI is InChI=1S/C6H3NO2S.C6H4O3S/c2*7-3-4-1-2-10-5(4)6(8)9/h1-2H,(H,8,9);1-3H,(H,8,9). The second-order valence-corrected chi connectivity index (χ2v) is 5.04. The lowest BCUT2D eigenvalue weighted by atomic mass is 10.3. The molecule has 0 fully saturated rings. The average Bonchev–Trinajstić information content (AvgIpc) is 3.07. The highest BCUT2D eigenvalue weighted by molar-refractivity contribution is 7.12. The number of hydrogen-bond acceptors (Lipinski definition) is 6. The largest absolute Gasteiger partial charge is 0.477 e. The number of hydrogen-bond donors (Lipinski definition) is 2. The molecule has 2 aromatic heterocycles. The maximum absolute atomic E-state index is 10.3. The summed E-state index contributed by atoms with van der Waals surface area (Å²) in [4.78, 5) is 31.0. The Morgan fingerprint density at radius 1 is 1.10 bits per heavy atom. The van der Waals surface area contributed by atoms with E-state index in [2.05, 4.69) is 0 Å². The zero-order valence-electron chi connectivity index (χ0n) is 9.77. The van der Waals surface area contributed by atoms with Gasteiger partial charge in [-0.3, -0.25) is 4.79 Å². The van der Waals surface area contributed by atoms with Gasteiger partial charge in [0.1, 0.15) is 15.8 Å². The van der Waals surface area contributed by atoms with E-state index in [1.807, 2.05) is 0 Å². The minimum absolute atomic E-state index is 0.106. The fourth-order valence-corrected chi connectivity index (χ4v) is 2.53. The predicted octanol–water partition coefficient (Wildman–Crippen LogP) is 2.58. The van der Waals surface area contributed by atoms with Crippen molar-refractivity contribution in [2.45, 2.75) is 0 Å². The fourth-order valence-electron chi connectivity index (χ4n) is 1.15. The van der Waals surface area contributed by atoms with Crippen molar-refractivity contribution < 1.29 is 24.6 Å². The Morgan fingerprint density at radius 3 is 2.05 bits per heavy atom. The molecule has 0 saturated carbocycles.